The Morgan fingerprint density at radius 1 is 1.11 bits per heavy atom. The van der Waals surface area contributed by atoms with Crippen LogP contribution in [0.2, 0.25) is 0 Å². The third-order valence-electron chi connectivity index (χ3n) is 3.89. The Morgan fingerprint density at radius 3 is 2.43 bits per heavy atom. The molecule has 0 radical (unpaired) electrons. The number of nitrogens with zero attached hydrogens (tertiary/aromatic N) is 2. The molecule has 5 nitrogen and oxygen atoms in total. The first kappa shape index (κ1) is 21.9. The number of nitrogens with two attached hydrogens (primary N) is 1. The van der Waals surface area contributed by atoms with Crippen LogP contribution in [0.25, 0.3) is 0 Å². The van der Waals surface area contributed by atoms with Crippen molar-refractivity contribution in [2.24, 2.45) is 10.7 Å². The molecule has 0 spiro atoms. The molecule has 0 aromatic heterocycles. The lowest BCUT2D eigenvalue weighted by atomic mass is 10.2. The maximum absolute atomic E-state index is 12.2. The predicted octanol–water partition coefficient (Wildman–Crippen LogP) is 4.51. The third-order valence-corrected chi connectivity index (χ3v) is 3.89. The van der Waals surface area contributed by atoms with E-state index in [-0.39, 0.29) is 35.7 Å². The number of aliphatic imine (C=N–C) groups is 1. The quantitative estimate of drug-likeness (QED) is 0.273. The van der Waals surface area contributed by atoms with Crippen molar-refractivity contribution >= 4 is 41.3 Å². The van der Waals surface area contributed by atoms with Crippen molar-refractivity contribution in [3.63, 3.8) is 0 Å². The normalized spacial score (nSPS) is 14.0. The molecule has 0 saturated heterocycles. The molecule has 2 aromatic carbocycles. The lowest BCUT2D eigenvalue weighted by Gasteiger charge is -2.18. The Bertz CT molecular complexity index is 830. The second-order valence-corrected chi connectivity index (χ2v) is 5.94. The van der Waals surface area contributed by atoms with Crippen molar-refractivity contribution in [2.75, 3.05) is 23.3 Å². The van der Waals surface area contributed by atoms with Crippen LogP contribution in [0.4, 0.5) is 24.5 Å². The van der Waals surface area contributed by atoms with E-state index in [0.29, 0.717) is 12.2 Å². The summed E-state index contributed by atoms with van der Waals surface area (Å²) in [7, 11) is 0. The molecule has 28 heavy (non-hydrogen) atoms. The van der Waals surface area contributed by atoms with Gasteiger partial charge in [-0.15, -0.1) is 37.1 Å². The summed E-state index contributed by atoms with van der Waals surface area (Å²) in [6.07, 6.45) is -0.468. The van der Waals surface area contributed by atoms with Crippen molar-refractivity contribution < 1.29 is 17.9 Å². The molecule has 0 fully saturated rings. The molecule has 0 atom stereocenters. The summed E-state index contributed by atoms with van der Waals surface area (Å²) < 4.78 is 40.3. The molecule has 150 valence electrons. The third kappa shape index (κ3) is 6.63. The summed E-state index contributed by atoms with van der Waals surface area (Å²) in [4.78, 5) is 6.51. The topological polar surface area (TPSA) is 62.9 Å². The molecule has 0 aliphatic carbocycles. The van der Waals surface area contributed by atoms with E-state index in [2.05, 4.69) is 38.2 Å². The molecule has 3 N–H and O–H groups in total. The summed E-state index contributed by atoms with van der Waals surface area (Å²) in [5.74, 6) is -0.121. The molecule has 0 bridgehead atoms. The minimum atomic E-state index is -4.71. The number of ether oxygens (including phenoxy) is 1. The summed E-state index contributed by atoms with van der Waals surface area (Å²) in [5, 5.41) is 2.84. The van der Waals surface area contributed by atoms with Crippen molar-refractivity contribution in [1.82, 2.24) is 0 Å². The Balaban J connectivity index is 0.00000280. The average molecular weight is 504 g/mol. The Labute approximate surface area is 178 Å². The van der Waals surface area contributed by atoms with Gasteiger partial charge in [-0.2, -0.15) is 0 Å². The minimum absolute atomic E-state index is 0. The van der Waals surface area contributed by atoms with Crippen molar-refractivity contribution in [3.8, 4) is 5.75 Å². The van der Waals surface area contributed by atoms with Gasteiger partial charge in [0.05, 0.1) is 6.54 Å². The molecule has 0 amide bonds. The monoisotopic (exact) mass is 504 g/mol. The van der Waals surface area contributed by atoms with Gasteiger partial charge in [-0.25, -0.2) is 4.99 Å². The number of halogens is 4. The van der Waals surface area contributed by atoms with Crippen LogP contribution < -0.4 is 20.7 Å². The van der Waals surface area contributed by atoms with E-state index < -0.39 is 6.36 Å². The maximum atomic E-state index is 12.2. The minimum Gasteiger partial charge on any atom is -0.406 e. The molecule has 2 aromatic rings. The van der Waals surface area contributed by atoms with Gasteiger partial charge < -0.3 is 20.7 Å². The highest BCUT2D eigenvalue weighted by Crippen LogP contribution is 2.24. The van der Waals surface area contributed by atoms with Gasteiger partial charge in [0.2, 0.25) is 0 Å². The highest BCUT2D eigenvalue weighted by atomic mass is 127. The molecular formula is C19H20F3IN4O. The Hall–Kier alpha value is -2.43. The van der Waals surface area contributed by atoms with E-state index >= 15 is 0 Å². The summed E-state index contributed by atoms with van der Waals surface area (Å²) in [6, 6.07) is 13.3. The van der Waals surface area contributed by atoms with Gasteiger partial charge in [0.15, 0.2) is 5.96 Å². The van der Waals surface area contributed by atoms with Crippen LogP contribution in [0.3, 0.4) is 0 Å². The number of alkyl halides is 3. The first-order valence-electron chi connectivity index (χ1n) is 8.31. The highest BCUT2D eigenvalue weighted by molar-refractivity contribution is 14.0. The van der Waals surface area contributed by atoms with Gasteiger partial charge in [0, 0.05) is 24.5 Å². The lowest BCUT2D eigenvalue weighted by molar-refractivity contribution is -0.274. The summed E-state index contributed by atoms with van der Waals surface area (Å²) in [5.41, 5.74) is 8.51. The van der Waals surface area contributed by atoms with Gasteiger partial charge in [-0.1, -0.05) is 24.3 Å². The van der Waals surface area contributed by atoms with Crippen LogP contribution in [0, 0.1) is 0 Å². The zero-order valence-corrected chi connectivity index (χ0v) is 17.1. The molecule has 0 saturated carbocycles. The molecular weight excluding hydrogens is 484 g/mol. The SMILES string of the molecule is I.NC(=NCc1cccc(N2CC=CC2)c1)Nc1ccc(OC(F)(F)F)cc1. The summed E-state index contributed by atoms with van der Waals surface area (Å²) >= 11 is 0. The fraction of sp³-hybridized carbons (Fsp3) is 0.211. The van der Waals surface area contributed by atoms with Crippen LogP contribution in [0.1, 0.15) is 5.56 Å². The largest absolute Gasteiger partial charge is 0.573 e. The summed E-state index contributed by atoms with van der Waals surface area (Å²) in [6.45, 7) is 2.18. The van der Waals surface area contributed by atoms with Gasteiger partial charge >= 0.3 is 6.36 Å². The van der Waals surface area contributed by atoms with E-state index in [0.717, 1.165) is 24.3 Å². The van der Waals surface area contributed by atoms with Gasteiger partial charge in [-0.05, 0) is 42.0 Å². The van der Waals surface area contributed by atoms with Crippen LogP contribution >= 0.6 is 24.0 Å². The van der Waals surface area contributed by atoms with E-state index in [4.69, 9.17) is 5.73 Å². The Kier molecular flexibility index (Phi) is 7.55. The fourth-order valence-corrected chi connectivity index (χ4v) is 2.64. The van der Waals surface area contributed by atoms with Crippen LogP contribution in [0.15, 0.2) is 65.7 Å². The second kappa shape index (κ2) is 9.67. The fourth-order valence-electron chi connectivity index (χ4n) is 2.64. The molecule has 1 aliphatic rings. The van der Waals surface area contributed by atoms with Crippen LogP contribution in [-0.4, -0.2) is 25.4 Å². The maximum Gasteiger partial charge on any atom is 0.573 e. The van der Waals surface area contributed by atoms with Crippen molar-refractivity contribution in [2.45, 2.75) is 12.9 Å². The smallest absolute Gasteiger partial charge is 0.406 e. The predicted molar refractivity (Wildman–Crippen MR) is 115 cm³/mol. The highest BCUT2D eigenvalue weighted by Gasteiger charge is 2.30. The van der Waals surface area contributed by atoms with Crippen LogP contribution in [0.5, 0.6) is 5.75 Å². The molecule has 0 unspecified atom stereocenters. The average Bonchev–Trinajstić information content (AvgIpc) is 3.15. The molecule has 9 heteroatoms. The molecule has 3 rings (SSSR count). The van der Waals surface area contributed by atoms with E-state index in [1.54, 1.807) is 0 Å². The van der Waals surface area contributed by atoms with Gasteiger partial charge in [-0.3, -0.25) is 0 Å². The zero-order chi connectivity index (χ0) is 19.3. The standard InChI is InChI=1S/C19H19F3N4O.HI/c20-19(21,22)27-17-8-6-15(7-9-17)25-18(23)24-13-14-4-3-5-16(12-14)26-10-1-2-11-26;/h1-9,12H,10-11,13H2,(H3,23,24,25);1H. The number of benzene rings is 2. The first-order chi connectivity index (χ1) is 12.9. The molecule has 1 heterocycles. The van der Waals surface area contributed by atoms with Gasteiger partial charge in [0.1, 0.15) is 5.75 Å². The number of guanidine groups is 1. The van der Waals surface area contributed by atoms with Crippen molar-refractivity contribution in [3.05, 3.63) is 66.2 Å². The van der Waals surface area contributed by atoms with E-state index in [1.807, 2.05) is 18.2 Å². The number of hydrogen-bond acceptors (Lipinski definition) is 3. The number of nitrogens with one attached hydrogen (secondary N) is 1. The van der Waals surface area contributed by atoms with E-state index in [1.165, 1.54) is 24.3 Å². The van der Waals surface area contributed by atoms with E-state index in [9.17, 15) is 13.2 Å². The van der Waals surface area contributed by atoms with Crippen LogP contribution in [-0.2, 0) is 6.54 Å². The first-order valence-corrected chi connectivity index (χ1v) is 8.31. The number of anilines is 2. The Morgan fingerprint density at radius 2 is 1.79 bits per heavy atom. The van der Waals surface area contributed by atoms with Gasteiger partial charge in [0.25, 0.3) is 0 Å². The number of rotatable bonds is 5. The number of hydrogen-bond donors (Lipinski definition) is 2. The second-order valence-electron chi connectivity index (χ2n) is 5.94. The lowest BCUT2D eigenvalue weighted by Crippen LogP contribution is -2.22. The molecule has 1 aliphatic heterocycles. The zero-order valence-electron chi connectivity index (χ0n) is 14.8. The van der Waals surface area contributed by atoms with Crippen molar-refractivity contribution in [1.29, 1.82) is 0 Å².